The maximum absolute atomic E-state index is 13.5. The minimum Gasteiger partial charge on any atom is -0.371 e. The second kappa shape index (κ2) is 5.97. The number of pyridine rings is 1. The summed E-state index contributed by atoms with van der Waals surface area (Å²) in [4.78, 5) is 18.5. The first-order valence-electron chi connectivity index (χ1n) is 7.51. The van der Waals surface area contributed by atoms with E-state index >= 15 is 0 Å². The van der Waals surface area contributed by atoms with Gasteiger partial charge in [-0.3, -0.25) is 4.79 Å². The molecule has 2 fully saturated rings. The number of halogens is 1. The summed E-state index contributed by atoms with van der Waals surface area (Å²) in [6, 6.07) is 1.27. The van der Waals surface area contributed by atoms with Crippen molar-refractivity contribution < 1.29 is 13.9 Å². The minimum atomic E-state index is -0.489. The van der Waals surface area contributed by atoms with Crippen LogP contribution in [0.1, 0.15) is 36.5 Å². The number of hydrogen-bond donors (Lipinski definition) is 1. The van der Waals surface area contributed by atoms with E-state index < -0.39 is 5.82 Å². The predicted molar refractivity (Wildman–Crippen MR) is 76.8 cm³/mol. The van der Waals surface area contributed by atoms with Crippen molar-refractivity contribution in [3.63, 3.8) is 0 Å². The van der Waals surface area contributed by atoms with Crippen LogP contribution in [-0.2, 0) is 4.74 Å². The largest absolute Gasteiger partial charge is 0.371 e. The molecule has 114 valence electrons. The number of nitrogens with one attached hydrogen (secondary N) is 1. The second-order valence-electron chi connectivity index (χ2n) is 5.64. The highest BCUT2D eigenvalue weighted by molar-refractivity contribution is 5.98. The van der Waals surface area contributed by atoms with Crippen LogP contribution in [-0.4, -0.2) is 47.6 Å². The topological polar surface area (TPSA) is 54.5 Å². The Morgan fingerprint density at radius 3 is 2.86 bits per heavy atom. The summed E-state index contributed by atoms with van der Waals surface area (Å²) in [5.74, 6) is -0.195. The van der Waals surface area contributed by atoms with Crippen molar-refractivity contribution in [3.05, 3.63) is 23.6 Å². The van der Waals surface area contributed by atoms with Gasteiger partial charge in [-0.1, -0.05) is 6.92 Å². The molecule has 3 rings (SSSR count). The molecule has 2 aliphatic rings. The van der Waals surface area contributed by atoms with Crippen LogP contribution in [0, 0.1) is 5.82 Å². The first kappa shape index (κ1) is 14.3. The first-order chi connectivity index (χ1) is 10.2. The number of morpholine rings is 1. The van der Waals surface area contributed by atoms with Crippen molar-refractivity contribution in [3.8, 4) is 0 Å². The van der Waals surface area contributed by atoms with Gasteiger partial charge in [-0.2, -0.15) is 0 Å². The Balaban J connectivity index is 1.81. The highest BCUT2D eigenvalue weighted by Crippen LogP contribution is 2.28. The molecule has 1 N–H and O–H groups in total. The van der Waals surface area contributed by atoms with Gasteiger partial charge in [-0.25, -0.2) is 9.37 Å². The molecule has 1 amide bonds. The molecule has 2 unspecified atom stereocenters. The third kappa shape index (κ3) is 3.00. The fourth-order valence-corrected chi connectivity index (χ4v) is 2.94. The maximum Gasteiger partial charge on any atom is 0.257 e. The minimum absolute atomic E-state index is 0.126. The summed E-state index contributed by atoms with van der Waals surface area (Å²) in [6.45, 7) is 3.89. The van der Waals surface area contributed by atoms with Gasteiger partial charge in [0, 0.05) is 19.6 Å². The molecule has 0 saturated carbocycles. The number of hydrogen-bond acceptors (Lipinski definition) is 4. The van der Waals surface area contributed by atoms with E-state index in [-0.39, 0.29) is 18.1 Å². The van der Waals surface area contributed by atoms with Crippen molar-refractivity contribution in [1.29, 1.82) is 0 Å². The van der Waals surface area contributed by atoms with E-state index in [0.29, 0.717) is 31.0 Å². The van der Waals surface area contributed by atoms with Gasteiger partial charge in [0.15, 0.2) is 0 Å². The lowest BCUT2D eigenvalue weighted by molar-refractivity contribution is -0.0303. The number of rotatable bonds is 4. The fourth-order valence-electron chi connectivity index (χ4n) is 2.94. The molecule has 2 atom stereocenters. The van der Waals surface area contributed by atoms with Crippen LogP contribution in [0.3, 0.4) is 0 Å². The zero-order chi connectivity index (χ0) is 14.8. The molecule has 2 aliphatic heterocycles. The van der Waals surface area contributed by atoms with Gasteiger partial charge >= 0.3 is 0 Å². The molecule has 0 aliphatic carbocycles. The normalized spacial score (nSPS) is 24.2. The Morgan fingerprint density at radius 2 is 2.19 bits per heavy atom. The van der Waals surface area contributed by atoms with Crippen molar-refractivity contribution in [2.24, 2.45) is 0 Å². The van der Waals surface area contributed by atoms with E-state index in [9.17, 15) is 9.18 Å². The van der Waals surface area contributed by atoms with Gasteiger partial charge in [-0.05, 0) is 25.3 Å². The zero-order valence-electron chi connectivity index (χ0n) is 12.1. The predicted octanol–water partition coefficient (Wildman–Crippen LogP) is 2.05. The molecule has 3 heterocycles. The third-order valence-corrected chi connectivity index (χ3v) is 3.96. The number of carbonyl (C=O) groups is 1. The summed E-state index contributed by atoms with van der Waals surface area (Å²) in [7, 11) is 0. The Kier molecular flexibility index (Phi) is 4.05. The zero-order valence-corrected chi connectivity index (χ0v) is 12.1. The first-order valence-corrected chi connectivity index (χ1v) is 7.51. The van der Waals surface area contributed by atoms with Gasteiger partial charge in [0.05, 0.1) is 24.0 Å². The van der Waals surface area contributed by atoms with Crippen molar-refractivity contribution in [2.45, 2.75) is 38.4 Å². The molecule has 6 heteroatoms. The Labute approximate surface area is 123 Å². The van der Waals surface area contributed by atoms with E-state index in [4.69, 9.17) is 4.74 Å². The number of likely N-dealkylation sites (tertiary alicyclic amines) is 1. The Bertz CT molecular complexity index is 526. The lowest BCUT2D eigenvalue weighted by Crippen LogP contribution is -2.46. The van der Waals surface area contributed by atoms with E-state index in [1.807, 2.05) is 6.92 Å². The van der Waals surface area contributed by atoms with Crippen molar-refractivity contribution in [1.82, 2.24) is 9.88 Å². The molecule has 2 bridgehead atoms. The molecule has 21 heavy (non-hydrogen) atoms. The van der Waals surface area contributed by atoms with Crippen LogP contribution in [0.4, 0.5) is 10.2 Å². The summed E-state index contributed by atoms with van der Waals surface area (Å²) < 4.78 is 19.2. The second-order valence-corrected chi connectivity index (χ2v) is 5.64. The highest BCUT2D eigenvalue weighted by atomic mass is 19.1. The number of carbonyl (C=O) groups excluding carboxylic acids is 1. The molecule has 1 aromatic rings. The standard InChI is InChI=1S/C15H20FN3O2/c1-2-5-17-14-13(6-10(16)7-18-14)15(20)19-8-11-3-4-12(9-19)21-11/h6-7,11-12H,2-5,8-9H2,1H3,(H,17,18). The van der Waals surface area contributed by atoms with Gasteiger partial charge < -0.3 is 15.0 Å². The number of amides is 1. The van der Waals surface area contributed by atoms with Crippen LogP contribution < -0.4 is 5.32 Å². The van der Waals surface area contributed by atoms with Crippen LogP contribution in [0.25, 0.3) is 0 Å². The Morgan fingerprint density at radius 1 is 1.48 bits per heavy atom. The summed E-state index contributed by atoms with van der Waals surface area (Å²) in [5.41, 5.74) is 0.310. The number of anilines is 1. The summed E-state index contributed by atoms with van der Waals surface area (Å²) in [5, 5.41) is 3.09. The van der Waals surface area contributed by atoms with Crippen molar-refractivity contribution in [2.75, 3.05) is 25.0 Å². The fraction of sp³-hybridized carbons (Fsp3) is 0.600. The van der Waals surface area contributed by atoms with Gasteiger partial charge in [0.1, 0.15) is 11.6 Å². The number of aromatic nitrogens is 1. The van der Waals surface area contributed by atoms with Gasteiger partial charge in [0.2, 0.25) is 0 Å². The average molecular weight is 293 g/mol. The molecule has 2 saturated heterocycles. The number of fused-ring (bicyclic) bond motifs is 2. The molecule has 0 aromatic carbocycles. The maximum atomic E-state index is 13.5. The summed E-state index contributed by atoms with van der Waals surface area (Å²) >= 11 is 0. The average Bonchev–Trinajstić information content (AvgIpc) is 2.83. The van der Waals surface area contributed by atoms with E-state index in [2.05, 4.69) is 10.3 Å². The molecule has 1 aromatic heterocycles. The summed E-state index contributed by atoms with van der Waals surface area (Å²) in [6.07, 6.45) is 4.29. The van der Waals surface area contributed by atoms with Crippen molar-refractivity contribution >= 4 is 11.7 Å². The van der Waals surface area contributed by atoms with Gasteiger partial charge in [-0.15, -0.1) is 0 Å². The Hall–Kier alpha value is -1.69. The quantitative estimate of drug-likeness (QED) is 0.923. The lowest BCUT2D eigenvalue weighted by atomic mass is 10.2. The molecular formula is C15H20FN3O2. The number of ether oxygens (including phenoxy) is 1. The van der Waals surface area contributed by atoms with Crippen LogP contribution in [0.5, 0.6) is 0 Å². The highest BCUT2D eigenvalue weighted by Gasteiger charge is 2.36. The van der Waals surface area contributed by atoms with E-state index in [1.165, 1.54) is 6.07 Å². The molecule has 0 radical (unpaired) electrons. The van der Waals surface area contributed by atoms with E-state index in [1.54, 1.807) is 4.90 Å². The third-order valence-electron chi connectivity index (χ3n) is 3.96. The monoisotopic (exact) mass is 293 g/mol. The van der Waals surface area contributed by atoms with Crippen LogP contribution in [0.15, 0.2) is 12.3 Å². The van der Waals surface area contributed by atoms with Crippen LogP contribution in [0.2, 0.25) is 0 Å². The number of nitrogens with zero attached hydrogens (tertiary/aromatic N) is 2. The molecular weight excluding hydrogens is 273 g/mol. The molecule has 5 nitrogen and oxygen atoms in total. The SMILES string of the molecule is CCCNc1ncc(F)cc1C(=O)N1CC2CCC(C1)O2. The molecule has 0 spiro atoms. The lowest BCUT2D eigenvalue weighted by Gasteiger charge is -2.32. The van der Waals surface area contributed by atoms with Crippen LogP contribution >= 0.6 is 0 Å². The van der Waals surface area contributed by atoms with Gasteiger partial charge in [0.25, 0.3) is 5.91 Å². The smallest absolute Gasteiger partial charge is 0.257 e. The van der Waals surface area contributed by atoms with E-state index in [0.717, 1.165) is 25.5 Å².